The van der Waals surface area contributed by atoms with Crippen LogP contribution in [0.4, 0.5) is 0 Å². The lowest BCUT2D eigenvalue weighted by atomic mass is 9.66. The molecule has 0 saturated heterocycles. The molecule has 1 fully saturated rings. The minimum absolute atomic E-state index is 0.0445. The first-order valence-electron chi connectivity index (χ1n) is 7.18. The maximum atomic E-state index is 6.64. The summed E-state index contributed by atoms with van der Waals surface area (Å²) in [6, 6.07) is 0.349. The molecule has 2 nitrogen and oxygen atoms in total. The van der Waals surface area contributed by atoms with Gasteiger partial charge < -0.3 is 11.5 Å². The minimum atomic E-state index is 0.0445. The van der Waals surface area contributed by atoms with Gasteiger partial charge in [-0.15, -0.1) is 0 Å². The van der Waals surface area contributed by atoms with E-state index in [0.29, 0.717) is 12.0 Å². The van der Waals surface area contributed by atoms with Crippen LogP contribution < -0.4 is 11.5 Å². The Kier molecular flexibility index (Phi) is 5.77. The van der Waals surface area contributed by atoms with Crippen molar-refractivity contribution in [2.45, 2.75) is 83.2 Å². The monoisotopic (exact) mass is 226 g/mol. The van der Waals surface area contributed by atoms with Gasteiger partial charge in [-0.05, 0) is 31.6 Å². The summed E-state index contributed by atoms with van der Waals surface area (Å²) in [5, 5.41) is 0. The molecule has 0 aromatic heterocycles. The van der Waals surface area contributed by atoms with Gasteiger partial charge in [0.1, 0.15) is 0 Å². The second-order valence-corrected chi connectivity index (χ2v) is 5.64. The Morgan fingerprint density at radius 3 is 2.50 bits per heavy atom. The number of nitrogens with two attached hydrogens (primary N) is 2. The van der Waals surface area contributed by atoms with Gasteiger partial charge >= 0.3 is 0 Å². The third kappa shape index (κ3) is 3.46. The SMILES string of the molecule is CCCCC1C(N)CCCC1(N)CCCC. The Morgan fingerprint density at radius 1 is 1.19 bits per heavy atom. The third-order valence-corrected chi connectivity index (χ3v) is 4.30. The highest BCUT2D eigenvalue weighted by atomic mass is 14.8. The minimum Gasteiger partial charge on any atom is -0.327 e. The second-order valence-electron chi connectivity index (χ2n) is 5.64. The van der Waals surface area contributed by atoms with Gasteiger partial charge in [0.15, 0.2) is 0 Å². The second kappa shape index (κ2) is 6.61. The van der Waals surface area contributed by atoms with E-state index in [2.05, 4.69) is 13.8 Å². The van der Waals surface area contributed by atoms with Crippen molar-refractivity contribution in [1.29, 1.82) is 0 Å². The molecule has 0 spiro atoms. The van der Waals surface area contributed by atoms with Crippen LogP contribution >= 0.6 is 0 Å². The molecule has 3 unspecified atom stereocenters. The van der Waals surface area contributed by atoms with E-state index >= 15 is 0 Å². The van der Waals surface area contributed by atoms with Crippen LogP contribution in [0.1, 0.15) is 71.6 Å². The van der Waals surface area contributed by atoms with Crippen LogP contribution in [0.5, 0.6) is 0 Å². The third-order valence-electron chi connectivity index (χ3n) is 4.30. The Morgan fingerprint density at radius 2 is 1.88 bits per heavy atom. The van der Waals surface area contributed by atoms with Crippen LogP contribution in [0.3, 0.4) is 0 Å². The highest BCUT2D eigenvalue weighted by molar-refractivity contribution is 4.99. The van der Waals surface area contributed by atoms with Gasteiger partial charge in [-0.2, -0.15) is 0 Å². The zero-order valence-corrected chi connectivity index (χ0v) is 11.2. The van der Waals surface area contributed by atoms with E-state index in [0.717, 1.165) is 0 Å². The van der Waals surface area contributed by atoms with Crippen LogP contribution in [0, 0.1) is 5.92 Å². The first-order valence-corrected chi connectivity index (χ1v) is 7.18. The average molecular weight is 226 g/mol. The molecule has 4 N–H and O–H groups in total. The molecule has 0 amide bonds. The topological polar surface area (TPSA) is 52.0 Å². The highest BCUT2D eigenvalue weighted by Gasteiger charge is 2.40. The molecule has 16 heavy (non-hydrogen) atoms. The van der Waals surface area contributed by atoms with Crippen molar-refractivity contribution in [2.24, 2.45) is 17.4 Å². The molecule has 1 rings (SSSR count). The molecule has 96 valence electrons. The lowest BCUT2D eigenvalue weighted by Gasteiger charge is -2.45. The van der Waals surface area contributed by atoms with Gasteiger partial charge in [0, 0.05) is 11.6 Å². The summed E-state index contributed by atoms with van der Waals surface area (Å²) in [5.41, 5.74) is 13.0. The van der Waals surface area contributed by atoms with E-state index in [4.69, 9.17) is 11.5 Å². The molecule has 0 radical (unpaired) electrons. The van der Waals surface area contributed by atoms with E-state index in [1.165, 1.54) is 57.8 Å². The maximum absolute atomic E-state index is 6.64. The first kappa shape index (κ1) is 14.0. The van der Waals surface area contributed by atoms with Crippen molar-refractivity contribution in [2.75, 3.05) is 0 Å². The number of hydrogen-bond acceptors (Lipinski definition) is 2. The van der Waals surface area contributed by atoms with E-state index in [-0.39, 0.29) is 5.54 Å². The fourth-order valence-corrected chi connectivity index (χ4v) is 3.22. The van der Waals surface area contributed by atoms with E-state index in [1.807, 2.05) is 0 Å². The summed E-state index contributed by atoms with van der Waals surface area (Å²) in [6.07, 6.45) is 11.0. The predicted molar refractivity (Wildman–Crippen MR) is 71.3 cm³/mol. The Bertz CT molecular complexity index is 193. The average Bonchev–Trinajstić information content (AvgIpc) is 2.26. The summed E-state index contributed by atoms with van der Waals surface area (Å²) in [4.78, 5) is 0. The molecule has 1 aliphatic carbocycles. The normalized spacial score (nSPS) is 35.2. The van der Waals surface area contributed by atoms with Crippen LogP contribution in [-0.4, -0.2) is 11.6 Å². The molecular formula is C14H30N2. The van der Waals surface area contributed by atoms with Crippen LogP contribution in [0.15, 0.2) is 0 Å². The van der Waals surface area contributed by atoms with E-state index < -0.39 is 0 Å². The Hall–Kier alpha value is -0.0800. The molecule has 2 heteroatoms. The zero-order chi connectivity index (χ0) is 12.0. The van der Waals surface area contributed by atoms with Gasteiger partial charge in [-0.1, -0.05) is 46.0 Å². The van der Waals surface area contributed by atoms with Gasteiger partial charge in [-0.3, -0.25) is 0 Å². The van der Waals surface area contributed by atoms with Crippen LogP contribution in [-0.2, 0) is 0 Å². The molecule has 0 aromatic carbocycles. The van der Waals surface area contributed by atoms with Crippen molar-refractivity contribution in [3.05, 3.63) is 0 Å². The molecule has 0 heterocycles. The number of rotatable bonds is 6. The van der Waals surface area contributed by atoms with Gasteiger partial charge in [0.2, 0.25) is 0 Å². The standard InChI is InChI=1S/C14H30N2/c1-3-5-8-12-13(15)9-7-11-14(12,16)10-6-4-2/h12-13H,3-11,15-16H2,1-2H3. The quantitative estimate of drug-likeness (QED) is 0.731. The number of unbranched alkanes of at least 4 members (excludes halogenated alkanes) is 2. The lowest BCUT2D eigenvalue weighted by molar-refractivity contribution is 0.137. The Labute approximate surface area is 101 Å². The summed E-state index contributed by atoms with van der Waals surface area (Å²) in [5.74, 6) is 0.563. The molecule has 0 bridgehead atoms. The van der Waals surface area contributed by atoms with Crippen molar-refractivity contribution >= 4 is 0 Å². The van der Waals surface area contributed by atoms with Crippen molar-refractivity contribution in [3.8, 4) is 0 Å². The van der Waals surface area contributed by atoms with E-state index in [9.17, 15) is 0 Å². The van der Waals surface area contributed by atoms with Crippen LogP contribution in [0.2, 0.25) is 0 Å². The molecule has 0 aliphatic heterocycles. The Balaban J connectivity index is 2.60. The van der Waals surface area contributed by atoms with Gasteiger partial charge in [0.05, 0.1) is 0 Å². The summed E-state index contributed by atoms with van der Waals surface area (Å²) < 4.78 is 0. The number of hydrogen-bond donors (Lipinski definition) is 2. The largest absolute Gasteiger partial charge is 0.327 e. The summed E-state index contributed by atoms with van der Waals surface area (Å²) in [6.45, 7) is 4.49. The van der Waals surface area contributed by atoms with Gasteiger partial charge in [0.25, 0.3) is 0 Å². The summed E-state index contributed by atoms with van der Waals surface area (Å²) >= 11 is 0. The van der Waals surface area contributed by atoms with Crippen molar-refractivity contribution in [3.63, 3.8) is 0 Å². The molecule has 3 atom stereocenters. The molecule has 0 aromatic rings. The maximum Gasteiger partial charge on any atom is 0.0197 e. The van der Waals surface area contributed by atoms with E-state index in [1.54, 1.807) is 0 Å². The fourth-order valence-electron chi connectivity index (χ4n) is 3.22. The lowest BCUT2D eigenvalue weighted by Crippen LogP contribution is -2.56. The predicted octanol–water partition coefficient (Wildman–Crippen LogP) is 3.19. The zero-order valence-electron chi connectivity index (χ0n) is 11.2. The molecule has 1 aliphatic rings. The smallest absolute Gasteiger partial charge is 0.0197 e. The fraction of sp³-hybridized carbons (Fsp3) is 1.00. The highest BCUT2D eigenvalue weighted by Crippen LogP contribution is 2.37. The van der Waals surface area contributed by atoms with Crippen molar-refractivity contribution < 1.29 is 0 Å². The van der Waals surface area contributed by atoms with Crippen LogP contribution in [0.25, 0.3) is 0 Å². The molecular weight excluding hydrogens is 196 g/mol. The van der Waals surface area contributed by atoms with Crippen molar-refractivity contribution in [1.82, 2.24) is 0 Å². The first-order chi connectivity index (χ1) is 7.64. The van der Waals surface area contributed by atoms with Gasteiger partial charge in [-0.25, -0.2) is 0 Å². The molecule has 1 saturated carbocycles. The summed E-state index contributed by atoms with van der Waals surface area (Å²) in [7, 11) is 0.